The Hall–Kier alpha value is -0.560. The number of nitrogens with two attached hydrogens (primary N) is 1. The molecular weight excluding hydrogens is 74.1 g/mol. The van der Waals surface area contributed by atoms with Crippen LogP contribution in [-0.2, 0) is 0 Å². The molecule has 0 aliphatic heterocycles. The number of rotatable bonds is 2. The van der Waals surface area contributed by atoms with Crippen LogP contribution in [-0.4, -0.2) is 6.04 Å². The van der Waals surface area contributed by atoms with Gasteiger partial charge in [-0.25, -0.2) is 0 Å². The van der Waals surface area contributed by atoms with Crippen molar-refractivity contribution >= 4 is 0 Å². The molecule has 34 valence electrons. The first kappa shape index (κ1) is 5.44. The van der Waals surface area contributed by atoms with Crippen LogP contribution in [0, 0.1) is 0 Å². The van der Waals surface area contributed by atoms with E-state index in [1.807, 2.05) is 0 Å². The van der Waals surface area contributed by atoms with Gasteiger partial charge < -0.3 is 5.73 Å². The second-order valence-electron chi connectivity index (χ2n) is 1.05. The van der Waals surface area contributed by atoms with Crippen molar-refractivity contribution in [3.8, 4) is 0 Å². The van der Waals surface area contributed by atoms with Crippen molar-refractivity contribution in [1.29, 1.82) is 0 Å². The number of hydrogen-bond donors (Lipinski definition) is 1. The molecule has 0 aromatic rings. The van der Waals surface area contributed by atoms with Gasteiger partial charge >= 0.3 is 0 Å². The van der Waals surface area contributed by atoms with Gasteiger partial charge in [0.05, 0.1) is 0 Å². The van der Waals surface area contributed by atoms with Gasteiger partial charge in [-0.05, 0) is 0 Å². The Labute approximate surface area is 38.2 Å². The molecule has 1 heteroatoms. The van der Waals surface area contributed by atoms with Crippen molar-refractivity contribution in [3.05, 3.63) is 25.3 Å². The second kappa shape index (κ2) is 2.67. The highest BCUT2D eigenvalue weighted by Crippen LogP contribution is 1.74. The predicted molar refractivity (Wildman–Crippen MR) is 28.4 cm³/mol. The summed E-state index contributed by atoms with van der Waals surface area (Å²) in [6.45, 7) is 6.87. The minimum Gasteiger partial charge on any atom is -0.321 e. The van der Waals surface area contributed by atoms with Crippen molar-refractivity contribution in [3.63, 3.8) is 0 Å². The van der Waals surface area contributed by atoms with E-state index in [-0.39, 0.29) is 6.04 Å². The van der Waals surface area contributed by atoms with E-state index in [4.69, 9.17) is 5.73 Å². The van der Waals surface area contributed by atoms with E-state index in [0.717, 1.165) is 0 Å². The highest BCUT2D eigenvalue weighted by Gasteiger charge is 1.78. The minimum atomic E-state index is -0.0370. The molecule has 2 N–H and O–H groups in total. The van der Waals surface area contributed by atoms with Crippen LogP contribution in [0.4, 0.5) is 0 Å². The van der Waals surface area contributed by atoms with E-state index in [0.29, 0.717) is 0 Å². The molecule has 0 saturated heterocycles. The maximum absolute atomic E-state index is 5.24. The fourth-order valence-corrected chi connectivity index (χ4v) is 0.0962. The van der Waals surface area contributed by atoms with Crippen LogP contribution in [0.3, 0.4) is 0 Å². The summed E-state index contributed by atoms with van der Waals surface area (Å²) in [7, 11) is 0. The van der Waals surface area contributed by atoms with Crippen molar-refractivity contribution in [2.45, 2.75) is 6.04 Å². The van der Waals surface area contributed by atoms with Gasteiger partial charge in [-0.1, -0.05) is 12.2 Å². The van der Waals surface area contributed by atoms with Gasteiger partial charge in [0.2, 0.25) is 0 Å². The Kier molecular flexibility index (Phi) is 2.42. The molecule has 0 saturated carbocycles. The molecule has 0 atom stereocenters. The van der Waals surface area contributed by atoms with Crippen LogP contribution in [0.2, 0.25) is 0 Å². The summed E-state index contributed by atoms with van der Waals surface area (Å²) in [4.78, 5) is 0. The molecule has 0 aliphatic rings. The maximum Gasteiger partial charge on any atom is 0.0405 e. The molecule has 0 fully saturated rings. The van der Waals surface area contributed by atoms with Crippen LogP contribution in [0.1, 0.15) is 0 Å². The van der Waals surface area contributed by atoms with Gasteiger partial charge in [0.15, 0.2) is 0 Å². The first-order valence-corrected chi connectivity index (χ1v) is 1.82. The first-order valence-electron chi connectivity index (χ1n) is 1.82. The third-order valence-corrected chi connectivity index (χ3v) is 0.544. The first-order chi connectivity index (χ1) is 2.81. The summed E-state index contributed by atoms with van der Waals surface area (Å²) >= 11 is 0. The van der Waals surface area contributed by atoms with Crippen molar-refractivity contribution < 1.29 is 0 Å². The zero-order valence-corrected chi connectivity index (χ0v) is 3.72. The molecule has 0 spiro atoms. The SMILES string of the molecule is C=CC(N)C=C. The van der Waals surface area contributed by atoms with Crippen LogP contribution in [0.5, 0.6) is 0 Å². The molecule has 1 nitrogen and oxygen atoms in total. The lowest BCUT2D eigenvalue weighted by Gasteiger charge is -1.89. The monoisotopic (exact) mass is 83.1 g/mol. The van der Waals surface area contributed by atoms with Crippen LogP contribution < -0.4 is 5.73 Å². The molecule has 0 heterocycles. The summed E-state index contributed by atoms with van der Waals surface area (Å²) < 4.78 is 0. The Balaban J connectivity index is 3.21. The van der Waals surface area contributed by atoms with E-state index in [1.54, 1.807) is 12.2 Å². The maximum atomic E-state index is 5.24. The molecule has 0 aromatic heterocycles. The molecule has 0 amide bonds. The Bertz CT molecular complexity index is 49.0. The highest BCUT2D eigenvalue weighted by molar-refractivity contribution is 4.95. The summed E-state index contributed by atoms with van der Waals surface area (Å²) in [6, 6.07) is -0.0370. The quantitative estimate of drug-likeness (QED) is 0.488. The van der Waals surface area contributed by atoms with Crippen LogP contribution >= 0.6 is 0 Å². The molecule has 0 rings (SSSR count). The van der Waals surface area contributed by atoms with E-state index in [9.17, 15) is 0 Å². The lowest BCUT2D eigenvalue weighted by Crippen LogP contribution is -2.10. The van der Waals surface area contributed by atoms with Crippen molar-refractivity contribution in [1.82, 2.24) is 0 Å². The molecule has 0 aromatic carbocycles. The summed E-state index contributed by atoms with van der Waals surface area (Å²) in [5.41, 5.74) is 5.24. The minimum absolute atomic E-state index is 0.0370. The van der Waals surface area contributed by atoms with E-state index in [1.165, 1.54) is 0 Å². The van der Waals surface area contributed by atoms with Gasteiger partial charge in [0, 0.05) is 6.04 Å². The molecule has 0 aliphatic carbocycles. The van der Waals surface area contributed by atoms with Gasteiger partial charge in [-0.15, -0.1) is 13.2 Å². The third kappa shape index (κ3) is 1.73. The standard InChI is InChI=1S/C5H9N/c1-3-5(6)4-2/h3-5H,1-2,6H2. The number of hydrogen-bond acceptors (Lipinski definition) is 1. The third-order valence-electron chi connectivity index (χ3n) is 0.544. The normalized spacial score (nSPS) is 8.33. The van der Waals surface area contributed by atoms with Crippen LogP contribution in [0.25, 0.3) is 0 Å². The molecule has 0 bridgehead atoms. The predicted octanol–water partition coefficient (Wildman–Crippen LogP) is 0.686. The fraction of sp³-hybridized carbons (Fsp3) is 0.200. The summed E-state index contributed by atoms with van der Waals surface area (Å²) in [5, 5.41) is 0. The van der Waals surface area contributed by atoms with E-state index >= 15 is 0 Å². The van der Waals surface area contributed by atoms with Gasteiger partial charge in [-0.2, -0.15) is 0 Å². The lowest BCUT2D eigenvalue weighted by molar-refractivity contribution is 1.04. The van der Waals surface area contributed by atoms with Gasteiger partial charge in [-0.3, -0.25) is 0 Å². The van der Waals surface area contributed by atoms with Gasteiger partial charge in [0.25, 0.3) is 0 Å². The van der Waals surface area contributed by atoms with Crippen molar-refractivity contribution in [2.75, 3.05) is 0 Å². The summed E-state index contributed by atoms with van der Waals surface area (Å²) in [5.74, 6) is 0. The van der Waals surface area contributed by atoms with Crippen LogP contribution in [0.15, 0.2) is 25.3 Å². The summed E-state index contributed by atoms with van der Waals surface area (Å²) in [6.07, 6.45) is 3.26. The average molecular weight is 83.1 g/mol. The Morgan fingerprint density at radius 3 is 1.67 bits per heavy atom. The topological polar surface area (TPSA) is 26.0 Å². The molecule has 0 unspecified atom stereocenters. The Morgan fingerprint density at radius 1 is 1.33 bits per heavy atom. The molecular formula is C5H9N. The zero-order valence-electron chi connectivity index (χ0n) is 3.72. The molecule has 0 radical (unpaired) electrons. The van der Waals surface area contributed by atoms with Crippen molar-refractivity contribution in [2.24, 2.45) is 5.73 Å². The smallest absolute Gasteiger partial charge is 0.0405 e. The average Bonchev–Trinajstić information content (AvgIpc) is 1.65. The van der Waals surface area contributed by atoms with E-state index in [2.05, 4.69) is 13.2 Å². The fourth-order valence-electron chi connectivity index (χ4n) is 0.0962. The second-order valence-corrected chi connectivity index (χ2v) is 1.05. The Morgan fingerprint density at radius 2 is 1.67 bits per heavy atom. The highest BCUT2D eigenvalue weighted by atomic mass is 14.6. The largest absolute Gasteiger partial charge is 0.321 e. The lowest BCUT2D eigenvalue weighted by atomic mass is 10.3. The van der Waals surface area contributed by atoms with Gasteiger partial charge in [0.1, 0.15) is 0 Å². The molecule has 6 heavy (non-hydrogen) atoms. The zero-order chi connectivity index (χ0) is 4.99. The van der Waals surface area contributed by atoms with E-state index < -0.39 is 0 Å².